The molecule has 3 nitrogen and oxygen atoms in total. The number of primary amides is 1. The maximum Gasteiger partial charge on any atom is 0.244 e. The van der Waals surface area contributed by atoms with Gasteiger partial charge in [-0.2, -0.15) is 0 Å². The molecule has 0 aliphatic rings. The Bertz CT molecular complexity index is 164. The van der Waals surface area contributed by atoms with Crippen LogP contribution in [0, 0.1) is 0 Å². The highest BCUT2D eigenvalue weighted by atomic mass is 16.1. The smallest absolute Gasteiger partial charge is 0.244 e. The van der Waals surface area contributed by atoms with E-state index >= 15 is 0 Å². The van der Waals surface area contributed by atoms with E-state index in [1.807, 2.05) is 13.0 Å². The van der Waals surface area contributed by atoms with Crippen LogP contribution in [0.3, 0.4) is 0 Å². The highest BCUT2D eigenvalue weighted by molar-refractivity contribution is 5.91. The fourth-order valence-corrected chi connectivity index (χ4v) is 1.03. The van der Waals surface area contributed by atoms with Crippen molar-refractivity contribution in [3.05, 3.63) is 11.6 Å². The maximum absolute atomic E-state index is 10.8. The maximum atomic E-state index is 10.8. The lowest BCUT2D eigenvalue weighted by atomic mass is 10.1. The molecule has 1 amide bonds. The molecule has 3 heteroatoms. The predicted molar refractivity (Wildman–Crippen MR) is 50.5 cm³/mol. The van der Waals surface area contributed by atoms with Crippen molar-refractivity contribution in [3.8, 4) is 0 Å². The minimum Gasteiger partial charge on any atom is -0.366 e. The molecule has 0 fully saturated rings. The number of rotatable bonds is 6. The van der Waals surface area contributed by atoms with Crippen molar-refractivity contribution in [1.29, 1.82) is 0 Å². The quantitative estimate of drug-likeness (QED) is 0.460. The zero-order valence-corrected chi connectivity index (χ0v) is 7.68. The number of hydrogen-bond donors (Lipinski definition) is 2. The van der Waals surface area contributed by atoms with Crippen molar-refractivity contribution in [3.63, 3.8) is 0 Å². The number of carbonyl (C=O) groups is 1. The van der Waals surface area contributed by atoms with Crippen LogP contribution in [0.4, 0.5) is 0 Å². The summed E-state index contributed by atoms with van der Waals surface area (Å²) in [7, 11) is 0. The van der Waals surface area contributed by atoms with E-state index in [1.165, 1.54) is 0 Å². The molecular formula is C9H18N2O. The van der Waals surface area contributed by atoms with Gasteiger partial charge in [0.1, 0.15) is 0 Å². The SMILES string of the molecule is CCC=C(CCCCN)C(N)=O. The van der Waals surface area contributed by atoms with E-state index in [0.717, 1.165) is 31.3 Å². The molecule has 0 radical (unpaired) electrons. The second-order valence-corrected chi connectivity index (χ2v) is 2.75. The van der Waals surface area contributed by atoms with Crippen molar-refractivity contribution in [1.82, 2.24) is 0 Å². The largest absolute Gasteiger partial charge is 0.366 e. The first-order valence-electron chi connectivity index (χ1n) is 4.41. The van der Waals surface area contributed by atoms with E-state index in [9.17, 15) is 4.79 Å². The van der Waals surface area contributed by atoms with Gasteiger partial charge < -0.3 is 11.5 Å². The third kappa shape index (κ3) is 4.91. The lowest BCUT2D eigenvalue weighted by molar-refractivity contribution is -0.114. The molecule has 0 bridgehead atoms. The highest BCUT2D eigenvalue weighted by Gasteiger charge is 2.02. The summed E-state index contributed by atoms with van der Waals surface area (Å²) < 4.78 is 0. The standard InChI is InChI=1S/C9H18N2O/c1-2-5-8(9(11)12)6-3-4-7-10/h5H,2-4,6-7,10H2,1H3,(H2,11,12). The van der Waals surface area contributed by atoms with Crippen molar-refractivity contribution in [2.75, 3.05) is 6.54 Å². The van der Waals surface area contributed by atoms with E-state index in [2.05, 4.69) is 0 Å². The minimum absolute atomic E-state index is 0.297. The van der Waals surface area contributed by atoms with Gasteiger partial charge in [-0.05, 0) is 32.2 Å². The van der Waals surface area contributed by atoms with Crippen LogP contribution in [-0.2, 0) is 4.79 Å². The topological polar surface area (TPSA) is 69.1 Å². The average Bonchev–Trinajstić information content (AvgIpc) is 2.03. The van der Waals surface area contributed by atoms with Gasteiger partial charge in [-0.15, -0.1) is 0 Å². The van der Waals surface area contributed by atoms with Crippen molar-refractivity contribution >= 4 is 5.91 Å². The summed E-state index contributed by atoms with van der Waals surface area (Å²) >= 11 is 0. The van der Waals surface area contributed by atoms with Gasteiger partial charge in [0.15, 0.2) is 0 Å². The van der Waals surface area contributed by atoms with Crippen LogP contribution in [0.1, 0.15) is 32.6 Å². The lowest BCUT2D eigenvalue weighted by Gasteiger charge is -2.01. The first-order valence-corrected chi connectivity index (χ1v) is 4.41. The molecule has 0 saturated carbocycles. The van der Waals surface area contributed by atoms with Crippen LogP contribution in [0.5, 0.6) is 0 Å². The first kappa shape index (κ1) is 11.2. The van der Waals surface area contributed by atoms with Crippen molar-refractivity contribution < 1.29 is 4.79 Å². The van der Waals surface area contributed by atoms with Gasteiger partial charge in [0, 0.05) is 5.57 Å². The van der Waals surface area contributed by atoms with E-state index < -0.39 is 0 Å². The molecule has 0 spiro atoms. The summed E-state index contributed by atoms with van der Waals surface area (Å²) in [6.07, 6.45) is 5.42. The molecule has 0 rings (SSSR count). The van der Waals surface area contributed by atoms with Crippen LogP contribution >= 0.6 is 0 Å². The second-order valence-electron chi connectivity index (χ2n) is 2.75. The molecule has 0 saturated heterocycles. The molecule has 0 heterocycles. The molecule has 4 N–H and O–H groups in total. The van der Waals surface area contributed by atoms with Gasteiger partial charge in [0.05, 0.1) is 0 Å². The van der Waals surface area contributed by atoms with Crippen LogP contribution in [-0.4, -0.2) is 12.5 Å². The number of carbonyl (C=O) groups excluding carboxylic acids is 1. The first-order chi connectivity index (χ1) is 5.72. The Morgan fingerprint density at radius 3 is 2.50 bits per heavy atom. The van der Waals surface area contributed by atoms with Gasteiger partial charge in [-0.3, -0.25) is 4.79 Å². The van der Waals surface area contributed by atoms with Gasteiger partial charge in [-0.1, -0.05) is 13.0 Å². The Balaban J connectivity index is 3.81. The van der Waals surface area contributed by atoms with E-state index in [4.69, 9.17) is 11.5 Å². The van der Waals surface area contributed by atoms with Gasteiger partial charge in [-0.25, -0.2) is 0 Å². The molecule has 0 aromatic heterocycles. The normalized spacial score (nSPS) is 11.7. The Kier molecular flexibility index (Phi) is 6.38. The van der Waals surface area contributed by atoms with Crippen LogP contribution in [0.15, 0.2) is 11.6 Å². The van der Waals surface area contributed by atoms with Crippen LogP contribution < -0.4 is 11.5 Å². The average molecular weight is 170 g/mol. The highest BCUT2D eigenvalue weighted by Crippen LogP contribution is 2.07. The summed E-state index contributed by atoms with van der Waals surface area (Å²) in [6, 6.07) is 0. The molecule has 12 heavy (non-hydrogen) atoms. The third-order valence-electron chi connectivity index (χ3n) is 1.67. The number of unbranched alkanes of at least 4 members (excludes halogenated alkanes) is 1. The lowest BCUT2D eigenvalue weighted by Crippen LogP contribution is -2.14. The molecule has 0 aromatic carbocycles. The van der Waals surface area contributed by atoms with Gasteiger partial charge >= 0.3 is 0 Å². The number of allylic oxidation sites excluding steroid dienone is 1. The predicted octanol–water partition coefficient (Wildman–Crippen LogP) is 0.937. The minimum atomic E-state index is -0.297. The van der Waals surface area contributed by atoms with E-state index in [1.54, 1.807) is 0 Å². The molecule has 0 aromatic rings. The fraction of sp³-hybridized carbons (Fsp3) is 0.667. The summed E-state index contributed by atoms with van der Waals surface area (Å²) in [6.45, 7) is 2.67. The summed E-state index contributed by atoms with van der Waals surface area (Å²) in [4.78, 5) is 10.8. The fourth-order valence-electron chi connectivity index (χ4n) is 1.03. The Labute approximate surface area is 73.8 Å². The molecule has 0 unspecified atom stereocenters. The summed E-state index contributed by atoms with van der Waals surface area (Å²) in [5, 5.41) is 0. The van der Waals surface area contributed by atoms with Crippen LogP contribution in [0.25, 0.3) is 0 Å². The molecular weight excluding hydrogens is 152 g/mol. The Morgan fingerprint density at radius 2 is 2.08 bits per heavy atom. The zero-order chi connectivity index (χ0) is 9.40. The van der Waals surface area contributed by atoms with Gasteiger partial charge in [0.25, 0.3) is 0 Å². The summed E-state index contributed by atoms with van der Waals surface area (Å²) in [5.41, 5.74) is 11.2. The molecule has 0 atom stereocenters. The van der Waals surface area contributed by atoms with Crippen LogP contribution in [0.2, 0.25) is 0 Å². The number of hydrogen-bond acceptors (Lipinski definition) is 2. The monoisotopic (exact) mass is 170 g/mol. The Morgan fingerprint density at radius 1 is 1.42 bits per heavy atom. The van der Waals surface area contributed by atoms with Crippen molar-refractivity contribution in [2.45, 2.75) is 32.6 Å². The summed E-state index contributed by atoms with van der Waals surface area (Å²) in [5.74, 6) is -0.297. The van der Waals surface area contributed by atoms with E-state index in [0.29, 0.717) is 6.54 Å². The molecule has 70 valence electrons. The zero-order valence-electron chi connectivity index (χ0n) is 7.68. The molecule has 0 aliphatic carbocycles. The van der Waals surface area contributed by atoms with Crippen molar-refractivity contribution in [2.24, 2.45) is 11.5 Å². The second kappa shape index (κ2) is 6.85. The molecule has 0 aliphatic heterocycles. The number of nitrogens with two attached hydrogens (primary N) is 2. The van der Waals surface area contributed by atoms with Gasteiger partial charge in [0.2, 0.25) is 5.91 Å². The van der Waals surface area contributed by atoms with E-state index in [-0.39, 0.29) is 5.91 Å². The third-order valence-corrected chi connectivity index (χ3v) is 1.67. The Hall–Kier alpha value is -0.830. The number of amides is 1.